The predicted octanol–water partition coefficient (Wildman–Crippen LogP) is 2.97. The first-order valence-electron chi connectivity index (χ1n) is 8.64. The summed E-state index contributed by atoms with van der Waals surface area (Å²) in [6.45, 7) is 1.98. The molecule has 0 saturated heterocycles. The smallest absolute Gasteiger partial charge is 0.367 e. The van der Waals surface area contributed by atoms with Gasteiger partial charge in [-0.2, -0.15) is 13.2 Å². The molecule has 0 spiro atoms. The molecule has 2 aromatic heterocycles. The van der Waals surface area contributed by atoms with Crippen LogP contribution in [-0.4, -0.2) is 46.0 Å². The van der Waals surface area contributed by atoms with Crippen molar-refractivity contribution in [1.82, 2.24) is 19.7 Å². The van der Waals surface area contributed by atoms with Gasteiger partial charge in [-0.15, -0.1) is 0 Å². The number of carbonyl (C=O) groups excluding carboxylic acids is 1. The van der Waals surface area contributed by atoms with Gasteiger partial charge in [-0.1, -0.05) is 0 Å². The molecule has 1 atom stereocenters. The Bertz CT molecular complexity index is 781. The molecular weight excluding hydrogens is 347 g/mol. The van der Waals surface area contributed by atoms with Crippen LogP contribution in [0.1, 0.15) is 41.9 Å². The lowest BCUT2D eigenvalue weighted by Crippen LogP contribution is -2.41. The van der Waals surface area contributed by atoms with Crippen LogP contribution in [0.3, 0.4) is 0 Å². The number of aldehydes is 1. The van der Waals surface area contributed by atoms with Gasteiger partial charge in [-0.05, 0) is 45.6 Å². The Morgan fingerprint density at radius 2 is 2.00 bits per heavy atom. The molecule has 1 unspecified atom stereocenters. The normalized spacial score (nSPS) is 18.2. The topological polar surface area (TPSA) is 71.3 Å². The summed E-state index contributed by atoms with van der Waals surface area (Å²) < 4.78 is 37.7. The maximum absolute atomic E-state index is 11.9. The molecule has 2 N–H and O–H groups in total. The van der Waals surface area contributed by atoms with Gasteiger partial charge in [-0.3, -0.25) is 9.20 Å². The van der Waals surface area contributed by atoms with E-state index < -0.39 is 12.2 Å². The van der Waals surface area contributed by atoms with Crippen molar-refractivity contribution in [1.29, 1.82) is 0 Å². The number of aryl methyl sites for hydroxylation is 1. The van der Waals surface area contributed by atoms with Crippen LogP contribution in [0.5, 0.6) is 0 Å². The number of hydrogen-bond donors (Lipinski definition) is 2. The van der Waals surface area contributed by atoms with Gasteiger partial charge in [0.15, 0.2) is 11.9 Å². The highest BCUT2D eigenvalue weighted by Crippen LogP contribution is 2.39. The lowest BCUT2D eigenvalue weighted by Gasteiger charge is -2.18. The Balaban J connectivity index is 0.000000170. The van der Waals surface area contributed by atoms with Gasteiger partial charge in [-0.25, -0.2) is 9.97 Å². The van der Waals surface area contributed by atoms with Crippen LogP contribution in [0.15, 0.2) is 12.4 Å². The van der Waals surface area contributed by atoms with Gasteiger partial charge in [0.25, 0.3) is 0 Å². The number of imidazole rings is 1. The predicted molar refractivity (Wildman–Crippen MR) is 91.4 cm³/mol. The average Bonchev–Trinajstić information content (AvgIpc) is 3.48. The van der Waals surface area contributed by atoms with E-state index in [-0.39, 0.29) is 5.92 Å². The Hall–Kier alpha value is -2.16. The fourth-order valence-corrected chi connectivity index (χ4v) is 2.83. The van der Waals surface area contributed by atoms with Crippen molar-refractivity contribution in [3.8, 4) is 0 Å². The molecule has 142 valence electrons. The van der Waals surface area contributed by atoms with Crippen LogP contribution >= 0.6 is 0 Å². The summed E-state index contributed by atoms with van der Waals surface area (Å²) in [5.74, 6) is 0.668. The maximum Gasteiger partial charge on any atom is 0.404 e. The SMILES string of the molecule is CNC(C1CC1)C(F)(F)F.Cc1cc(NC2CC2)nc2c(C=O)ncn12. The first-order chi connectivity index (χ1) is 12.3. The lowest BCUT2D eigenvalue weighted by molar-refractivity contribution is -0.159. The number of hydrogen-bond acceptors (Lipinski definition) is 5. The van der Waals surface area contributed by atoms with Crippen LogP contribution < -0.4 is 10.6 Å². The van der Waals surface area contributed by atoms with E-state index in [2.05, 4.69) is 20.6 Å². The third-order valence-electron chi connectivity index (χ3n) is 4.52. The first kappa shape index (κ1) is 18.6. The second-order valence-electron chi connectivity index (χ2n) is 6.79. The Morgan fingerprint density at radius 3 is 2.46 bits per heavy atom. The van der Waals surface area contributed by atoms with Crippen LogP contribution in [0.2, 0.25) is 0 Å². The standard InChI is InChI=1S/C11H12N4O.C6H10F3N/c1-7-4-10(13-8-2-3-8)14-11-9(5-16)12-6-15(7)11;1-10-5(4-2-3-4)6(7,8)9/h4-6,8H,2-3H2,1H3,(H,13,14);4-5,10H,2-3H2,1H3. The molecule has 0 amide bonds. The second kappa shape index (κ2) is 7.22. The van der Waals surface area contributed by atoms with Crippen molar-refractivity contribution >= 4 is 17.8 Å². The van der Waals surface area contributed by atoms with Crippen molar-refractivity contribution in [2.45, 2.75) is 50.9 Å². The van der Waals surface area contributed by atoms with E-state index in [1.54, 1.807) is 6.33 Å². The molecule has 2 aliphatic rings. The highest BCUT2D eigenvalue weighted by molar-refractivity contribution is 5.82. The van der Waals surface area contributed by atoms with E-state index in [1.807, 2.05) is 17.4 Å². The molecule has 0 bridgehead atoms. The molecular formula is C17H22F3N5O. The number of nitrogens with zero attached hydrogens (tertiary/aromatic N) is 3. The molecule has 0 aromatic carbocycles. The highest BCUT2D eigenvalue weighted by Gasteiger charge is 2.47. The molecule has 2 saturated carbocycles. The van der Waals surface area contributed by atoms with Crippen LogP contribution in [0.25, 0.3) is 5.65 Å². The number of anilines is 1. The molecule has 2 aliphatic carbocycles. The van der Waals surface area contributed by atoms with Crippen LogP contribution in [-0.2, 0) is 0 Å². The van der Waals surface area contributed by atoms with Crippen molar-refractivity contribution in [2.75, 3.05) is 12.4 Å². The third kappa shape index (κ3) is 4.32. The Labute approximate surface area is 149 Å². The van der Waals surface area contributed by atoms with Crippen LogP contribution in [0.4, 0.5) is 19.0 Å². The molecule has 4 rings (SSSR count). The fourth-order valence-electron chi connectivity index (χ4n) is 2.83. The van der Waals surface area contributed by atoms with E-state index in [0.29, 0.717) is 30.2 Å². The molecule has 2 aromatic rings. The zero-order chi connectivity index (χ0) is 18.9. The van der Waals surface area contributed by atoms with Crippen molar-refractivity contribution in [2.24, 2.45) is 5.92 Å². The summed E-state index contributed by atoms with van der Waals surface area (Å²) in [4.78, 5) is 19.2. The number of carbonyl (C=O) groups is 1. The lowest BCUT2D eigenvalue weighted by atomic mass is 10.2. The van der Waals surface area contributed by atoms with Crippen molar-refractivity contribution in [3.63, 3.8) is 0 Å². The molecule has 6 nitrogen and oxygen atoms in total. The van der Waals surface area contributed by atoms with Crippen molar-refractivity contribution < 1.29 is 18.0 Å². The average molecular weight is 369 g/mol. The molecule has 2 fully saturated rings. The number of alkyl halides is 3. The van der Waals surface area contributed by atoms with E-state index in [9.17, 15) is 18.0 Å². The van der Waals surface area contributed by atoms with E-state index in [4.69, 9.17) is 0 Å². The van der Waals surface area contributed by atoms with Gasteiger partial charge in [0.1, 0.15) is 23.9 Å². The molecule has 0 radical (unpaired) electrons. The van der Waals surface area contributed by atoms with Gasteiger partial charge >= 0.3 is 6.18 Å². The zero-order valence-electron chi connectivity index (χ0n) is 14.7. The molecule has 0 aliphatic heterocycles. The minimum atomic E-state index is -4.06. The Kier molecular flexibility index (Phi) is 5.17. The minimum absolute atomic E-state index is 0.162. The molecule has 2 heterocycles. The summed E-state index contributed by atoms with van der Waals surface area (Å²) in [6.07, 6.45) is 2.13. The van der Waals surface area contributed by atoms with E-state index in [1.165, 1.54) is 19.9 Å². The maximum atomic E-state index is 11.9. The minimum Gasteiger partial charge on any atom is -0.367 e. The summed E-state index contributed by atoms with van der Waals surface area (Å²) in [5.41, 5.74) is 2.04. The van der Waals surface area contributed by atoms with E-state index in [0.717, 1.165) is 17.8 Å². The van der Waals surface area contributed by atoms with Crippen LogP contribution in [0, 0.1) is 12.8 Å². The van der Waals surface area contributed by atoms with Gasteiger partial charge < -0.3 is 10.6 Å². The third-order valence-corrected chi connectivity index (χ3v) is 4.52. The zero-order valence-corrected chi connectivity index (χ0v) is 14.7. The quantitative estimate of drug-likeness (QED) is 0.793. The number of nitrogens with one attached hydrogen (secondary N) is 2. The van der Waals surface area contributed by atoms with Gasteiger partial charge in [0, 0.05) is 17.8 Å². The summed E-state index contributed by atoms with van der Waals surface area (Å²) in [6, 6.07) is 1.26. The summed E-state index contributed by atoms with van der Waals surface area (Å²) in [7, 11) is 1.36. The van der Waals surface area contributed by atoms with Gasteiger partial charge in [0.2, 0.25) is 0 Å². The second-order valence-corrected chi connectivity index (χ2v) is 6.79. The van der Waals surface area contributed by atoms with Gasteiger partial charge in [0.05, 0.1) is 0 Å². The number of fused-ring (bicyclic) bond motifs is 1. The monoisotopic (exact) mass is 369 g/mol. The molecule has 26 heavy (non-hydrogen) atoms. The largest absolute Gasteiger partial charge is 0.404 e. The first-order valence-corrected chi connectivity index (χ1v) is 8.64. The summed E-state index contributed by atoms with van der Waals surface area (Å²) in [5, 5.41) is 5.60. The number of halogens is 3. The fraction of sp³-hybridized carbons (Fsp3) is 0.588. The number of rotatable bonds is 5. The number of aromatic nitrogens is 3. The van der Waals surface area contributed by atoms with E-state index >= 15 is 0 Å². The Morgan fingerprint density at radius 1 is 1.31 bits per heavy atom. The molecule has 9 heteroatoms. The highest BCUT2D eigenvalue weighted by atomic mass is 19.4. The summed E-state index contributed by atoms with van der Waals surface area (Å²) >= 11 is 0. The van der Waals surface area contributed by atoms with Crippen molar-refractivity contribution in [3.05, 3.63) is 23.8 Å².